The van der Waals surface area contributed by atoms with Gasteiger partial charge in [0.15, 0.2) is 5.82 Å². The molecule has 84 valence electrons. The summed E-state index contributed by atoms with van der Waals surface area (Å²) in [7, 11) is 0. The van der Waals surface area contributed by atoms with Crippen LogP contribution in [-0.2, 0) is 13.2 Å². The molecular weight excluding hydrogens is 209 g/mol. The predicted octanol–water partition coefficient (Wildman–Crippen LogP) is 2.02. The standard InChI is InChI=1S/C11H12FN3O/c1-2-15-11(13-8-14-15)7-16-10-5-3-9(12)4-6-10/h3-6,8H,2,7H2,1H3. The second-order valence-electron chi connectivity index (χ2n) is 3.23. The number of nitrogens with zero attached hydrogens (tertiary/aromatic N) is 3. The Kier molecular flexibility index (Phi) is 3.14. The molecule has 0 aliphatic rings. The van der Waals surface area contributed by atoms with Gasteiger partial charge >= 0.3 is 0 Å². The van der Waals surface area contributed by atoms with Gasteiger partial charge in [-0.3, -0.25) is 0 Å². The molecule has 0 radical (unpaired) electrons. The number of hydrogen-bond acceptors (Lipinski definition) is 3. The summed E-state index contributed by atoms with van der Waals surface area (Å²) in [6.07, 6.45) is 1.49. The van der Waals surface area contributed by atoms with Gasteiger partial charge in [-0.2, -0.15) is 5.10 Å². The Hall–Kier alpha value is -1.91. The summed E-state index contributed by atoms with van der Waals surface area (Å²) in [6.45, 7) is 3.07. The second kappa shape index (κ2) is 4.74. The van der Waals surface area contributed by atoms with E-state index in [1.54, 1.807) is 16.8 Å². The molecule has 0 saturated carbocycles. The maximum Gasteiger partial charge on any atom is 0.164 e. The first-order valence-corrected chi connectivity index (χ1v) is 5.04. The van der Waals surface area contributed by atoms with Crippen molar-refractivity contribution in [1.82, 2.24) is 14.8 Å². The van der Waals surface area contributed by atoms with Crippen molar-refractivity contribution in [2.75, 3.05) is 0 Å². The Bertz CT molecular complexity index is 453. The van der Waals surface area contributed by atoms with E-state index in [4.69, 9.17) is 4.74 Å². The fraction of sp³-hybridized carbons (Fsp3) is 0.273. The highest BCUT2D eigenvalue weighted by Gasteiger charge is 2.03. The topological polar surface area (TPSA) is 39.9 Å². The molecule has 0 unspecified atom stereocenters. The van der Waals surface area contributed by atoms with Crippen molar-refractivity contribution in [2.45, 2.75) is 20.1 Å². The number of ether oxygens (including phenoxy) is 1. The van der Waals surface area contributed by atoms with Crippen LogP contribution < -0.4 is 4.74 Å². The molecule has 5 heteroatoms. The van der Waals surface area contributed by atoms with Crippen LogP contribution in [0, 0.1) is 5.82 Å². The minimum absolute atomic E-state index is 0.274. The zero-order chi connectivity index (χ0) is 11.4. The first kappa shape index (κ1) is 10.6. The normalized spacial score (nSPS) is 10.4. The average molecular weight is 221 g/mol. The Balaban J connectivity index is 1.99. The smallest absolute Gasteiger partial charge is 0.164 e. The van der Waals surface area contributed by atoms with Crippen molar-refractivity contribution in [3.63, 3.8) is 0 Å². The first-order valence-electron chi connectivity index (χ1n) is 5.04. The number of rotatable bonds is 4. The van der Waals surface area contributed by atoms with Crippen LogP contribution >= 0.6 is 0 Å². The van der Waals surface area contributed by atoms with Crippen molar-refractivity contribution in [3.05, 3.63) is 42.2 Å². The SMILES string of the molecule is CCn1ncnc1COc1ccc(F)cc1. The number of benzene rings is 1. The molecule has 0 spiro atoms. The van der Waals surface area contributed by atoms with E-state index in [0.29, 0.717) is 12.4 Å². The fourth-order valence-electron chi connectivity index (χ4n) is 1.34. The van der Waals surface area contributed by atoms with Crippen LogP contribution in [0.2, 0.25) is 0 Å². The molecule has 0 fully saturated rings. The van der Waals surface area contributed by atoms with E-state index < -0.39 is 0 Å². The Morgan fingerprint density at radius 3 is 2.75 bits per heavy atom. The third-order valence-electron chi connectivity index (χ3n) is 2.18. The highest BCUT2D eigenvalue weighted by molar-refractivity contribution is 5.22. The Labute approximate surface area is 92.7 Å². The lowest BCUT2D eigenvalue weighted by atomic mass is 10.3. The quantitative estimate of drug-likeness (QED) is 0.792. The minimum Gasteiger partial charge on any atom is -0.486 e. The van der Waals surface area contributed by atoms with Crippen LogP contribution in [0.1, 0.15) is 12.7 Å². The van der Waals surface area contributed by atoms with Gasteiger partial charge < -0.3 is 4.74 Å². The molecule has 0 atom stereocenters. The largest absolute Gasteiger partial charge is 0.486 e. The molecule has 16 heavy (non-hydrogen) atoms. The third-order valence-corrected chi connectivity index (χ3v) is 2.18. The van der Waals surface area contributed by atoms with Gasteiger partial charge in [0.25, 0.3) is 0 Å². The van der Waals surface area contributed by atoms with Crippen LogP contribution in [0.25, 0.3) is 0 Å². The minimum atomic E-state index is -0.274. The number of aromatic nitrogens is 3. The van der Waals surface area contributed by atoms with E-state index in [0.717, 1.165) is 12.4 Å². The van der Waals surface area contributed by atoms with Gasteiger partial charge in [0.1, 0.15) is 24.5 Å². The summed E-state index contributed by atoms with van der Waals surface area (Å²) >= 11 is 0. The van der Waals surface area contributed by atoms with Crippen molar-refractivity contribution >= 4 is 0 Å². The van der Waals surface area contributed by atoms with E-state index >= 15 is 0 Å². The van der Waals surface area contributed by atoms with E-state index in [1.165, 1.54) is 18.5 Å². The van der Waals surface area contributed by atoms with Gasteiger partial charge in [-0.05, 0) is 31.2 Å². The van der Waals surface area contributed by atoms with Gasteiger partial charge in [-0.1, -0.05) is 0 Å². The summed E-state index contributed by atoms with van der Waals surface area (Å²) in [6, 6.07) is 5.89. The van der Waals surface area contributed by atoms with Crippen LogP contribution in [0.3, 0.4) is 0 Å². The van der Waals surface area contributed by atoms with Crippen molar-refractivity contribution in [3.8, 4) is 5.75 Å². The van der Waals surface area contributed by atoms with Crippen molar-refractivity contribution < 1.29 is 9.13 Å². The molecule has 1 aromatic heterocycles. The third kappa shape index (κ3) is 2.36. The summed E-state index contributed by atoms with van der Waals surface area (Å²) < 4.78 is 19.8. The second-order valence-corrected chi connectivity index (χ2v) is 3.23. The lowest BCUT2D eigenvalue weighted by molar-refractivity contribution is 0.287. The van der Waals surface area contributed by atoms with E-state index in [1.807, 2.05) is 6.92 Å². The van der Waals surface area contributed by atoms with Gasteiger partial charge in [0.2, 0.25) is 0 Å². The van der Waals surface area contributed by atoms with Gasteiger partial charge in [-0.15, -0.1) is 0 Å². The molecule has 2 rings (SSSR count). The molecule has 2 aromatic rings. The molecule has 0 aliphatic carbocycles. The van der Waals surface area contributed by atoms with E-state index in [-0.39, 0.29) is 5.82 Å². The molecule has 0 N–H and O–H groups in total. The first-order chi connectivity index (χ1) is 7.79. The molecule has 1 aromatic carbocycles. The molecule has 0 aliphatic heterocycles. The highest BCUT2D eigenvalue weighted by atomic mass is 19.1. The van der Waals surface area contributed by atoms with E-state index in [9.17, 15) is 4.39 Å². The molecule has 4 nitrogen and oxygen atoms in total. The summed E-state index contributed by atoms with van der Waals surface area (Å²) in [5, 5.41) is 4.03. The molecular formula is C11H12FN3O. The van der Waals surface area contributed by atoms with Crippen LogP contribution in [-0.4, -0.2) is 14.8 Å². The lowest BCUT2D eigenvalue weighted by Crippen LogP contribution is -2.07. The van der Waals surface area contributed by atoms with Gasteiger partial charge in [0, 0.05) is 6.54 Å². The Morgan fingerprint density at radius 2 is 2.06 bits per heavy atom. The van der Waals surface area contributed by atoms with Crippen molar-refractivity contribution in [2.24, 2.45) is 0 Å². The highest BCUT2D eigenvalue weighted by Crippen LogP contribution is 2.12. The predicted molar refractivity (Wildman–Crippen MR) is 56.4 cm³/mol. The van der Waals surface area contributed by atoms with Gasteiger partial charge in [-0.25, -0.2) is 14.1 Å². The van der Waals surface area contributed by atoms with Crippen LogP contribution in [0.5, 0.6) is 5.75 Å². The molecule has 0 saturated heterocycles. The molecule has 0 bridgehead atoms. The molecule has 1 heterocycles. The van der Waals surface area contributed by atoms with Crippen LogP contribution in [0.4, 0.5) is 4.39 Å². The molecule has 0 amide bonds. The number of aryl methyl sites for hydroxylation is 1. The number of hydrogen-bond donors (Lipinski definition) is 0. The average Bonchev–Trinajstić information content (AvgIpc) is 2.76. The maximum absolute atomic E-state index is 12.6. The monoisotopic (exact) mass is 221 g/mol. The van der Waals surface area contributed by atoms with E-state index in [2.05, 4.69) is 10.1 Å². The van der Waals surface area contributed by atoms with Gasteiger partial charge in [0.05, 0.1) is 0 Å². The number of halogens is 1. The summed E-state index contributed by atoms with van der Waals surface area (Å²) in [5.41, 5.74) is 0. The Morgan fingerprint density at radius 1 is 1.31 bits per heavy atom. The fourth-order valence-corrected chi connectivity index (χ4v) is 1.34. The summed E-state index contributed by atoms with van der Waals surface area (Å²) in [4.78, 5) is 4.07. The zero-order valence-corrected chi connectivity index (χ0v) is 8.93. The lowest BCUT2D eigenvalue weighted by Gasteiger charge is -2.06. The maximum atomic E-state index is 12.6. The summed E-state index contributed by atoms with van der Waals surface area (Å²) in [5.74, 6) is 1.10. The zero-order valence-electron chi connectivity index (χ0n) is 8.93. The van der Waals surface area contributed by atoms with Crippen molar-refractivity contribution in [1.29, 1.82) is 0 Å². The van der Waals surface area contributed by atoms with Crippen LogP contribution in [0.15, 0.2) is 30.6 Å².